The molecule has 2 unspecified atom stereocenters. The summed E-state index contributed by atoms with van der Waals surface area (Å²) < 4.78 is 0. The van der Waals surface area contributed by atoms with Gasteiger partial charge in [-0.2, -0.15) is 0 Å². The van der Waals surface area contributed by atoms with Crippen molar-refractivity contribution in [3.63, 3.8) is 0 Å². The molecular formula is C15H22ClN3O3. The van der Waals surface area contributed by atoms with E-state index in [4.69, 9.17) is 5.73 Å². The summed E-state index contributed by atoms with van der Waals surface area (Å²) >= 11 is 0. The van der Waals surface area contributed by atoms with Crippen LogP contribution in [0.4, 0.5) is 0 Å². The molecule has 3 atom stereocenters. The van der Waals surface area contributed by atoms with Crippen molar-refractivity contribution in [2.24, 2.45) is 11.7 Å². The van der Waals surface area contributed by atoms with E-state index in [0.29, 0.717) is 25.9 Å². The van der Waals surface area contributed by atoms with Gasteiger partial charge in [-0.1, -0.05) is 30.3 Å². The first kappa shape index (κ1) is 18.4. The molecule has 0 bridgehead atoms. The molecule has 7 heteroatoms. The van der Waals surface area contributed by atoms with E-state index in [1.165, 1.54) is 0 Å². The largest absolute Gasteiger partial charge is 0.382 e. The lowest BCUT2D eigenvalue weighted by atomic mass is 9.95. The third kappa shape index (κ3) is 4.98. The average molecular weight is 328 g/mol. The van der Waals surface area contributed by atoms with Gasteiger partial charge in [0.15, 0.2) is 0 Å². The van der Waals surface area contributed by atoms with Crippen molar-refractivity contribution in [2.45, 2.75) is 31.5 Å². The van der Waals surface area contributed by atoms with Gasteiger partial charge in [-0.05, 0) is 18.4 Å². The van der Waals surface area contributed by atoms with Gasteiger partial charge in [0.2, 0.25) is 5.91 Å². The highest BCUT2D eigenvalue weighted by molar-refractivity contribution is 5.85. The average Bonchev–Trinajstić information content (AvgIpc) is 2.90. The minimum absolute atomic E-state index is 0. The van der Waals surface area contributed by atoms with Crippen molar-refractivity contribution in [1.29, 1.82) is 0 Å². The van der Waals surface area contributed by atoms with Crippen molar-refractivity contribution >= 4 is 24.2 Å². The number of carbonyl (C=O) groups excluding carboxylic acids is 2. The minimum Gasteiger partial charge on any atom is -0.382 e. The molecule has 0 aliphatic carbocycles. The summed E-state index contributed by atoms with van der Waals surface area (Å²) in [4.78, 5) is 23.3. The molecule has 0 saturated carbocycles. The lowest BCUT2D eigenvalue weighted by Crippen LogP contribution is -2.47. The molecule has 0 radical (unpaired) electrons. The Labute approximate surface area is 135 Å². The predicted molar refractivity (Wildman–Crippen MR) is 85.3 cm³/mol. The number of aliphatic hydroxyl groups is 1. The maximum atomic E-state index is 11.9. The zero-order valence-electron chi connectivity index (χ0n) is 12.2. The van der Waals surface area contributed by atoms with Gasteiger partial charge in [0.1, 0.15) is 6.10 Å². The number of hydrogen-bond acceptors (Lipinski definition) is 4. The van der Waals surface area contributed by atoms with Crippen LogP contribution in [0, 0.1) is 5.92 Å². The Hall–Kier alpha value is -1.63. The summed E-state index contributed by atoms with van der Waals surface area (Å²) in [7, 11) is 0. The number of carbonyl (C=O) groups is 2. The monoisotopic (exact) mass is 327 g/mol. The molecule has 2 amide bonds. The van der Waals surface area contributed by atoms with E-state index in [1.54, 1.807) is 0 Å². The summed E-state index contributed by atoms with van der Waals surface area (Å²) in [5, 5.41) is 15.3. The van der Waals surface area contributed by atoms with Crippen LogP contribution in [0.3, 0.4) is 0 Å². The standard InChI is InChI=1S/C15H21N3O3.ClH/c16-12(8-11-6-7-17-14(11)20)13(19)15(21)18-9-10-4-2-1-3-5-10;/h1-5,11-13,19H,6-9,16H2,(H,17,20)(H,18,21);1H/t11-,12?,13?;/m0./s1. The van der Waals surface area contributed by atoms with Gasteiger partial charge < -0.3 is 21.5 Å². The highest BCUT2D eigenvalue weighted by atomic mass is 35.5. The second-order valence-electron chi connectivity index (χ2n) is 5.32. The number of rotatable bonds is 6. The van der Waals surface area contributed by atoms with Crippen LogP contribution in [0.25, 0.3) is 0 Å². The van der Waals surface area contributed by atoms with E-state index in [1.807, 2.05) is 30.3 Å². The van der Waals surface area contributed by atoms with Gasteiger partial charge in [-0.25, -0.2) is 0 Å². The zero-order valence-corrected chi connectivity index (χ0v) is 13.0. The molecule has 1 aromatic carbocycles. The fraction of sp³-hybridized carbons (Fsp3) is 0.467. The fourth-order valence-corrected chi connectivity index (χ4v) is 2.41. The lowest BCUT2D eigenvalue weighted by molar-refractivity contribution is -0.131. The molecule has 2 rings (SSSR count). The van der Waals surface area contributed by atoms with Gasteiger partial charge in [-0.15, -0.1) is 12.4 Å². The van der Waals surface area contributed by atoms with Crippen LogP contribution in [0.2, 0.25) is 0 Å². The molecule has 1 aliphatic heterocycles. The normalized spacial score (nSPS) is 19.7. The topological polar surface area (TPSA) is 104 Å². The second-order valence-corrected chi connectivity index (χ2v) is 5.32. The Kier molecular flexibility index (Phi) is 7.31. The number of amides is 2. The number of nitrogens with one attached hydrogen (secondary N) is 2. The molecule has 0 spiro atoms. The van der Waals surface area contributed by atoms with Crippen LogP contribution >= 0.6 is 12.4 Å². The molecule has 1 aromatic rings. The van der Waals surface area contributed by atoms with Gasteiger partial charge in [-0.3, -0.25) is 9.59 Å². The number of aliphatic hydroxyl groups excluding tert-OH is 1. The van der Waals surface area contributed by atoms with Gasteiger partial charge in [0.05, 0.1) is 0 Å². The third-order valence-electron chi connectivity index (χ3n) is 3.70. The van der Waals surface area contributed by atoms with Gasteiger partial charge in [0.25, 0.3) is 5.91 Å². The first-order chi connectivity index (χ1) is 10.1. The van der Waals surface area contributed by atoms with Crippen LogP contribution in [-0.2, 0) is 16.1 Å². The van der Waals surface area contributed by atoms with Crippen LogP contribution in [0.1, 0.15) is 18.4 Å². The Morgan fingerprint density at radius 3 is 2.68 bits per heavy atom. The van der Waals surface area contributed by atoms with Crippen LogP contribution in [0.15, 0.2) is 30.3 Å². The first-order valence-electron chi connectivity index (χ1n) is 7.11. The quantitative estimate of drug-likeness (QED) is 0.587. The first-order valence-corrected chi connectivity index (χ1v) is 7.11. The Bertz CT molecular complexity index is 498. The van der Waals surface area contributed by atoms with Crippen LogP contribution in [0.5, 0.6) is 0 Å². The third-order valence-corrected chi connectivity index (χ3v) is 3.70. The molecule has 1 fully saturated rings. The molecule has 1 aliphatic rings. The van der Waals surface area contributed by atoms with Crippen molar-refractivity contribution in [3.8, 4) is 0 Å². The fourth-order valence-electron chi connectivity index (χ4n) is 2.41. The van der Waals surface area contributed by atoms with Crippen molar-refractivity contribution in [2.75, 3.05) is 6.54 Å². The summed E-state index contributed by atoms with van der Waals surface area (Å²) in [6.07, 6.45) is -0.293. The van der Waals surface area contributed by atoms with E-state index >= 15 is 0 Å². The highest BCUT2D eigenvalue weighted by Crippen LogP contribution is 2.16. The summed E-state index contributed by atoms with van der Waals surface area (Å²) in [6.45, 7) is 0.972. The Balaban J connectivity index is 0.00000242. The van der Waals surface area contributed by atoms with E-state index < -0.39 is 18.1 Å². The van der Waals surface area contributed by atoms with Crippen LogP contribution < -0.4 is 16.4 Å². The summed E-state index contributed by atoms with van der Waals surface area (Å²) in [5.74, 6) is -0.774. The van der Waals surface area contributed by atoms with Crippen LogP contribution in [-0.4, -0.2) is 35.6 Å². The zero-order chi connectivity index (χ0) is 15.2. The van der Waals surface area contributed by atoms with Gasteiger partial charge >= 0.3 is 0 Å². The summed E-state index contributed by atoms with van der Waals surface area (Å²) in [5.41, 5.74) is 6.78. The molecule has 1 heterocycles. The van der Waals surface area contributed by atoms with E-state index in [9.17, 15) is 14.7 Å². The van der Waals surface area contributed by atoms with E-state index in [0.717, 1.165) is 5.56 Å². The second kappa shape index (κ2) is 8.73. The molecule has 22 heavy (non-hydrogen) atoms. The maximum Gasteiger partial charge on any atom is 0.250 e. The SMILES string of the molecule is Cl.NC(C[C@@H]1CCNC1=O)C(O)C(=O)NCc1ccccc1. The smallest absolute Gasteiger partial charge is 0.250 e. The summed E-state index contributed by atoms with van der Waals surface area (Å²) in [6, 6.07) is 8.67. The lowest BCUT2D eigenvalue weighted by Gasteiger charge is -2.20. The van der Waals surface area contributed by atoms with Crippen molar-refractivity contribution < 1.29 is 14.7 Å². The number of hydrogen-bond donors (Lipinski definition) is 4. The number of nitrogens with two attached hydrogens (primary N) is 1. The Morgan fingerprint density at radius 2 is 2.09 bits per heavy atom. The predicted octanol–water partition coefficient (Wildman–Crippen LogP) is -0.0610. The highest BCUT2D eigenvalue weighted by Gasteiger charge is 2.31. The number of benzene rings is 1. The molecule has 122 valence electrons. The number of halogens is 1. The minimum atomic E-state index is -1.30. The molecule has 1 saturated heterocycles. The van der Waals surface area contributed by atoms with E-state index in [2.05, 4.69) is 10.6 Å². The van der Waals surface area contributed by atoms with Crippen molar-refractivity contribution in [1.82, 2.24) is 10.6 Å². The molecule has 6 nitrogen and oxygen atoms in total. The molecule has 5 N–H and O–H groups in total. The Morgan fingerprint density at radius 1 is 1.41 bits per heavy atom. The van der Waals surface area contributed by atoms with E-state index in [-0.39, 0.29) is 24.2 Å². The van der Waals surface area contributed by atoms with Crippen molar-refractivity contribution in [3.05, 3.63) is 35.9 Å². The molecule has 0 aromatic heterocycles. The maximum absolute atomic E-state index is 11.9. The molecular weight excluding hydrogens is 306 g/mol. The van der Waals surface area contributed by atoms with Gasteiger partial charge in [0, 0.05) is 25.0 Å².